The second-order valence-corrected chi connectivity index (χ2v) is 5.89. The van der Waals surface area contributed by atoms with Crippen LogP contribution in [-0.2, 0) is 0 Å². The summed E-state index contributed by atoms with van der Waals surface area (Å²) >= 11 is 0. The zero-order valence-electron chi connectivity index (χ0n) is 14.3. The van der Waals surface area contributed by atoms with E-state index in [2.05, 4.69) is 52.0 Å². The Morgan fingerprint density at radius 2 is 0.870 bits per heavy atom. The molecular weight excluding hydrogens is 280 g/mol. The van der Waals surface area contributed by atoms with Crippen molar-refractivity contribution in [1.82, 2.24) is 0 Å². The lowest BCUT2D eigenvalue weighted by Gasteiger charge is -2.05. The predicted molar refractivity (Wildman–Crippen MR) is 98.3 cm³/mol. The SMILES string of the molecule is Cc1ccc(Oc2ccc(C)cc2)cc1.Cc1cccc(C)c1. The summed E-state index contributed by atoms with van der Waals surface area (Å²) in [4.78, 5) is 0. The van der Waals surface area contributed by atoms with E-state index in [0.717, 1.165) is 11.5 Å². The van der Waals surface area contributed by atoms with E-state index in [1.165, 1.54) is 22.3 Å². The highest BCUT2D eigenvalue weighted by atomic mass is 16.5. The van der Waals surface area contributed by atoms with Crippen LogP contribution in [0, 0.1) is 27.7 Å². The minimum atomic E-state index is 0.879. The third kappa shape index (κ3) is 5.99. The quantitative estimate of drug-likeness (QED) is 0.532. The monoisotopic (exact) mass is 304 g/mol. The highest BCUT2D eigenvalue weighted by Gasteiger charge is 1.95. The summed E-state index contributed by atoms with van der Waals surface area (Å²) in [5, 5.41) is 0. The molecule has 0 radical (unpaired) electrons. The minimum Gasteiger partial charge on any atom is -0.457 e. The average Bonchev–Trinajstić information content (AvgIpc) is 2.52. The van der Waals surface area contributed by atoms with Gasteiger partial charge in [0.15, 0.2) is 0 Å². The van der Waals surface area contributed by atoms with Crippen LogP contribution < -0.4 is 4.74 Å². The normalized spacial score (nSPS) is 9.74. The number of rotatable bonds is 2. The van der Waals surface area contributed by atoms with Gasteiger partial charge in [0.1, 0.15) is 11.5 Å². The molecule has 0 heterocycles. The van der Waals surface area contributed by atoms with E-state index < -0.39 is 0 Å². The van der Waals surface area contributed by atoms with Crippen molar-refractivity contribution in [2.24, 2.45) is 0 Å². The summed E-state index contributed by atoms with van der Waals surface area (Å²) in [6.45, 7) is 8.34. The largest absolute Gasteiger partial charge is 0.457 e. The molecule has 0 amide bonds. The van der Waals surface area contributed by atoms with Gasteiger partial charge in [-0.1, -0.05) is 70.8 Å². The Hall–Kier alpha value is -2.54. The first-order valence-corrected chi connectivity index (χ1v) is 7.87. The Morgan fingerprint density at radius 1 is 0.478 bits per heavy atom. The molecule has 0 atom stereocenters. The van der Waals surface area contributed by atoms with Crippen molar-refractivity contribution >= 4 is 0 Å². The zero-order chi connectivity index (χ0) is 16.7. The van der Waals surface area contributed by atoms with Crippen LogP contribution in [0.1, 0.15) is 22.3 Å². The van der Waals surface area contributed by atoms with Crippen molar-refractivity contribution in [2.75, 3.05) is 0 Å². The molecule has 0 aromatic heterocycles. The number of hydrogen-bond acceptors (Lipinski definition) is 1. The number of ether oxygens (including phenoxy) is 1. The van der Waals surface area contributed by atoms with Gasteiger partial charge in [-0.3, -0.25) is 0 Å². The standard InChI is InChI=1S/C14H14O.C8H10/c1-11-3-7-13(8-4-11)15-14-9-5-12(2)6-10-14;1-7-4-3-5-8(2)6-7/h3-10H,1-2H3;3-6H,1-2H3. The summed E-state index contributed by atoms with van der Waals surface area (Å²) in [6.07, 6.45) is 0. The van der Waals surface area contributed by atoms with Gasteiger partial charge in [0.05, 0.1) is 0 Å². The van der Waals surface area contributed by atoms with Crippen LogP contribution in [0.2, 0.25) is 0 Å². The molecule has 0 aliphatic rings. The molecule has 0 fully saturated rings. The van der Waals surface area contributed by atoms with Crippen molar-refractivity contribution in [3.8, 4) is 11.5 Å². The summed E-state index contributed by atoms with van der Waals surface area (Å²) in [5.74, 6) is 1.76. The van der Waals surface area contributed by atoms with Gasteiger partial charge >= 0.3 is 0 Å². The molecule has 1 heteroatoms. The molecule has 118 valence electrons. The van der Waals surface area contributed by atoms with Gasteiger partial charge in [-0.2, -0.15) is 0 Å². The van der Waals surface area contributed by atoms with Gasteiger partial charge < -0.3 is 4.74 Å². The van der Waals surface area contributed by atoms with Gasteiger partial charge in [-0.15, -0.1) is 0 Å². The number of hydrogen-bond donors (Lipinski definition) is 0. The molecule has 0 aliphatic carbocycles. The maximum Gasteiger partial charge on any atom is 0.127 e. The fourth-order valence-electron chi connectivity index (χ4n) is 2.16. The molecule has 0 bridgehead atoms. The molecule has 0 spiro atoms. The molecule has 1 nitrogen and oxygen atoms in total. The lowest BCUT2D eigenvalue weighted by molar-refractivity contribution is 0.482. The Bertz CT molecular complexity index is 664. The van der Waals surface area contributed by atoms with Crippen molar-refractivity contribution < 1.29 is 4.74 Å². The highest BCUT2D eigenvalue weighted by molar-refractivity contribution is 5.33. The molecule has 3 aromatic rings. The lowest BCUT2D eigenvalue weighted by Crippen LogP contribution is -1.84. The molecule has 0 aliphatic heterocycles. The fourth-order valence-corrected chi connectivity index (χ4v) is 2.16. The van der Waals surface area contributed by atoms with Crippen LogP contribution in [0.25, 0.3) is 0 Å². The average molecular weight is 304 g/mol. The van der Waals surface area contributed by atoms with Gasteiger partial charge in [-0.25, -0.2) is 0 Å². The second kappa shape index (κ2) is 8.19. The van der Waals surface area contributed by atoms with Crippen LogP contribution in [-0.4, -0.2) is 0 Å². The summed E-state index contributed by atoms with van der Waals surface area (Å²) < 4.78 is 5.69. The third-order valence-corrected chi connectivity index (χ3v) is 3.45. The van der Waals surface area contributed by atoms with Crippen LogP contribution >= 0.6 is 0 Å². The predicted octanol–water partition coefficient (Wildman–Crippen LogP) is 6.40. The molecule has 23 heavy (non-hydrogen) atoms. The summed E-state index contributed by atoms with van der Waals surface area (Å²) in [7, 11) is 0. The summed E-state index contributed by atoms with van der Waals surface area (Å²) in [6, 6.07) is 24.6. The first kappa shape index (κ1) is 16.8. The van der Waals surface area contributed by atoms with Gasteiger partial charge in [0, 0.05) is 0 Å². The Labute approximate surface area is 139 Å². The maximum absolute atomic E-state index is 5.69. The smallest absolute Gasteiger partial charge is 0.127 e. The lowest BCUT2D eigenvalue weighted by atomic mass is 10.2. The fraction of sp³-hybridized carbons (Fsp3) is 0.182. The maximum atomic E-state index is 5.69. The Morgan fingerprint density at radius 3 is 1.17 bits per heavy atom. The van der Waals surface area contributed by atoms with Crippen molar-refractivity contribution in [3.63, 3.8) is 0 Å². The highest BCUT2D eigenvalue weighted by Crippen LogP contribution is 2.21. The molecule has 3 aromatic carbocycles. The molecular formula is C22H24O. The Balaban J connectivity index is 0.000000203. The van der Waals surface area contributed by atoms with E-state index in [-0.39, 0.29) is 0 Å². The van der Waals surface area contributed by atoms with E-state index >= 15 is 0 Å². The van der Waals surface area contributed by atoms with E-state index in [0.29, 0.717) is 0 Å². The van der Waals surface area contributed by atoms with E-state index in [4.69, 9.17) is 4.74 Å². The van der Waals surface area contributed by atoms with Crippen LogP contribution in [0.3, 0.4) is 0 Å². The topological polar surface area (TPSA) is 9.23 Å². The van der Waals surface area contributed by atoms with E-state index in [1.807, 2.05) is 48.5 Å². The van der Waals surface area contributed by atoms with Crippen molar-refractivity contribution in [1.29, 1.82) is 0 Å². The van der Waals surface area contributed by atoms with Gasteiger partial charge in [0.2, 0.25) is 0 Å². The van der Waals surface area contributed by atoms with Gasteiger partial charge in [-0.05, 0) is 52.0 Å². The van der Waals surface area contributed by atoms with E-state index in [1.54, 1.807) is 0 Å². The van der Waals surface area contributed by atoms with Crippen LogP contribution in [0.15, 0.2) is 72.8 Å². The number of aryl methyl sites for hydroxylation is 4. The molecule has 0 N–H and O–H groups in total. The van der Waals surface area contributed by atoms with Crippen LogP contribution in [0.5, 0.6) is 11.5 Å². The number of benzene rings is 3. The summed E-state index contributed by atoms with van der Waals surface area (Å²) in [5.41, 5.74) is 5.16. The van der Waals surface area contributed by atoms with Gasteiger partial charge in [0.25, 0.3) is 0 Å². The molecule has 0 unspecified atom stereocenters. The Kier molecular flexibility index (Phi) is 5.99. The second-order valence-electron chi connectivity index (χ2n) is 5.89. The van der Waals surface area contributed by atoms with Crippen molar-refractivity contribution in [3.05, 3.63) is 95.1 Å². The van der Waals surface area contributed by atoms with Crippen LogP contribution in [0.4, 0.5) is 0 Å². The van der Waals surface area contributed by atoms with E-state index in [9.17, 15) is 0 Å². The first-order chi connectivity index (χ1) is 11.0. The zero-order valence-corrected chi connectivity index (χ0v) is 14.3. The molecule has 0 saturated heterocycles. The molecule has 3 rings (SSSR count). The molecule has 0 saturated carbocycles. The minimum absolute atomic E-state index is 0.879. The third-order valence-electron chi connectivity index (χ3n) is 3.45. The first-order valence-electron chi connectivity index (χ1n) is 7.87. The van der Waals surface area contributed by atoms with Crippen molar-refractivity contribution in [2.45, 2.75) is 27.7 Å².